The fraction of sp³-hybridized carbons (Fsp3) is 0.538. The van der Waals surface area contributed by atoms with Crippen LogP contribution in [0.1, 0.15) is 32.1 Å². The number of nitrogens with one attached hydrogen (secondary N) is 1. The fourth-order valence-electron chi connectivity index (χ4n) is 2.19. The highest BCUT2D eigenvalue weighted by molar-refractivity contribution is 5.73. The average Bonchev–Trinajstić information content (AvgIpc) is 2.77. The summed E-state index contributed by atoms with van der Waals surface area (Å²) in [6.07, 6.45) is 7.92. The van der Waals surface area contributed by atoms with E-state index < -0.39 is 5.97 Å². The lowest BCUT2D eigenvalue weighted by molar-refractivity contribution is -0.137. The van der Waals surface area contributed by atoms with Gasteiger partial charge in [-0.3, -0.25) is 9.78 Å². The van der Waals surface area contributed by atoms with E-state index in [1.807, 2.05) is 12.3 Å². The molecule has 2 rings (SSSR count). The van der Waals surface area contributed by atoms with Gasteiger partial charge in [-0.05, 0) is 18.9 Å². The third-order valence-electron chi connectivity index (χ3n) is 3.17. The zero-order chi connectivity index (χ0) is 12.8. The zero-order valence-electron chi connectivity index (χ0n) is 10.4. The second kappa shape index (κ2) is 6.23. The third kappa shape index (κ3) is 3.35. The molecule has 0 spiro atoms. The minimum Gasteiger partial charge on any atom is -0.481 e. The number of hydrogen-bond donors (Lipinski definition) is 2. The molecule has 0 unspecified atom stereocenters. The summed E-state index contributed by atoms with van der Waals surface area (Å²) in [7, 11) is 0. The molecule has 98 valence electrons. The van der Waals surface area contributed by atoms with Crippen molar-refractivity contribution in [3.05, 3.63) is 18.5 Å². The number of nitrogens with zero attached hydrogens (tertiary/aromatic N) is 2. The van der Waals surface area contributed by atoms with Gasteiger partial charge >= 0.3 is 5.97 Å². The Morgan fingerprint density at radius 3 is 3.06 bits per heavy atom. The molecule has 1 aliphatic heterocycles. The molecule has 0 aromatic carbocycles. The molecule has 0 amide bonds. The summed E-state index contributed by atoms with van der Waals surface area (Å²) in [6.45, 7) is 1.84. The molecule has 1 aromatic rings. The molecule has 0 saturated carbocycles. The average molecular weight is 249 g/mol. The predicted octanol–water partition coefficient (Wildman–Crippen LogP) is 2.31. The summed E-state index contributed by atoms with van der Waals surface area (Å²) >= 11 is 0. The number of anilines is 2. The Labute approximate surface area is 107 Å². The van der Waals surface area contributed by atoms with Crippen molar-refractivity contribution in [3.8, 4) is 0 Å². The Balaban J connectivity index is 1.65. The van der Waals surface area contributed by atoms with Gasteiger partial charge in [-0.2, -0.15) is 0 Å². The number of unbranched alkanes of at least 4 members (excludes halogenated alkanes) is 3. The highest BCUT2D eigenvalue weighted by Gasteiger charge is 2.17. The second-order valence-electron chi connectivity index (χ2n) is 4.55. The standard InChI is InChI=1S/C13H19N3O2/c17-13(18)5-3-1-2-4-8-16-10-15-11-6-7-14-9-12(11)16/h6-7,9,15H,1-5,8,10H2,(H,17,18). The Morgan fingerprint density at radius 2 is 2.22 bits per heavy atom. The van der Waals surface area contributed by atoms with E-state index in [1.54, 1.807) is 6.20 Å². The molecule has 5 heteroatoms. The molecule has 0 saturated heterocycles. The first-order valence-corrected chi connectivity index (χ1v) is 6.42. The van der Waals surface area contributed by atoms with Crippen LogP contribution < -0.4 is 10.2 Å². The van der Waals surface area contributed by atoms with Gasteiger partial charge in [0.1, 0.15) is 0 Å². The first kappa shape index (κ1) is 12.7. The van der Waals surface area contributed by atoms with Crippen LogP contribution in [0.5, 0.6) is 0 Å². The van der Waals surface area contributed by atoms with Gasteiger partial charge in [0, 0.05) is 19.2 Å². The van der Waals surface area contributed by atoms with E-state index in [-0.39, 0.29) is 6.42 Å². The maximum absolute atomic E-state index is 10.4. The van der Waals surface area contributed by atoms with E-state index in [1.165, 1.54) is 5.69 Å². The van der Waals surface area contributed by atoms with Crippen molar-refractivity contribution in [2.75, 3.05) is 23.4 Å². The van der Waals surface area contributed by atoms with Gasteiger partial charge in [-0.25, -0.2) is 0 Å². The van der Waals surface area contributed by atoms with Crippen LogP contribution in [0.25, 0.3) is 0 Å². The number of carboxylic acid groups (broad SMARTS) is 1. The van der Waals surface area contributed by atoms with Gasteiger partial charge in [0.05, 0.1) is 24.2 Å². The monoisotopic (exact) mass is 249 g/mol. The number of carboxylic acids is 1. The van der Waals surface area contributed by atoms with E-state index in [4.69, 9.17) is 5.11 Å². The number of aliphatic carboxylic acids is 1. The molecule has 0 bridgehead atoms. The molecule has 0 aliphatic carbocycles. The number of carbonyl (C=O) groups is 1. The topological polar surface area (TPSA) is 65.5 Å². The lowest BCUT2D eigenvalue weighted by Crippen LogP contribution is -2.23. The predicted molar refractivity (Wildman–Crippen MR) is 70.8 cm³/mol. The molecular weight excluding hydrogens is 230 g/mol. The molecule has 0 fully saturated rings. The summed E-state index contributed by atoms with van der Waals surface area (Å²) in [6, 6.07) is 1.99. The quantitative estimate of drug-likeness (QED) is 0.726. The SMILES string of the molecule is O=C(O)CCCCCCN1CNc2ccncc21. The molecule has 5 nitrogen and oxygen atoms in total. The molecule has 2 N–H and O–H groups in total. The van der Waals surface area contributed by atoms with Gasteiger partial charge in [0.2, 0.25) is 0 Å². The highest BCUT2D eigenvalue weighted by atomic mass is 16.4. The summed E-state index contributed by atoms with van der Waals surface area (Å²) in [5.41, 5.74) is 2.32. The van der Waals surface area contributed by atoms with Gasteiger partial charge in [0.25, 0.3) is 0 Å². The number of hydrogen-bond acceptors (Lipinski definition) is 4. The van der Waals surface area contributed by atoms with Crippen LogP contribution in [0, 0.1) is 0 Å². The molecular formula is C13H19N3O2. The van der Waals surface area contributed by atoms with E-state index in [9.17, 15) is 4.79 Å². The Bertz CT molecular complexity index is 409. The molecule has 1 aliphatic rings. The summed E-state index contributed by atoms with van der Waals surface area (Å²) in [5.74, 6) is -0.696. The normalized spacial score (nSPS) is 13.2. The minimum atomic E-state index is -0.696. The van der Waals surface area contributed by atoms with Gasteiger partial charge in [0.15, 0.2) is 0 Å². The fourth-order valence-corrected chi connectivity index (χ4v) is 2.19. The number of pyridine rings is 1. The van der Waals surface area contributed by atoms with Crippen LogP contribution in [0.3, 0.4) is 0 Å². The van der Waals surface area contributed by atoms with Gasteiger partial charge in [-0.1, -0.05) is 12.8 Å². The van der Waals surface area contributed by atoms with Crippen LogP contribution in [0.4, 0.5) is 11.4 Å². The molecule has 2 heterocycles. The number of aromatic nitrogens is 1. The Morgan fingerprint density at radius 1 is 1.39 bits per heavy atom. The van der Waals surface area contributed by atoms with E-state index in [2.05, 4.69) is 15.2 Å². The molecule has 0 atom stereocenters. The summed E-state index contributed by atoms with van der Waals surface area (Å²) in [4.78, 5) is 16.8. The lowest BCUT2D eigenvalue weighted by Gasteiger charge is -2.17. The van der Waals surface area contributed by atoms with Crippen molar-refractivity contribution in [3.63, 3.8) is 0 Å². The maximum Gasteiger partial charge on any atom is 0.303 e. The number of rotatable bonds is 7. The minimum absolute atomic E-state index is 0.290. The molecule has 1 aromatic heterocycles. The number of fused-ring (bicyclic) bond motifs is 1. The van der Waals surface area contributed by atoms with Crippen LogP contribution in [-0.4, -0.2) is 29.3 Å². The van der Waals surface area contributed by atoms with E-state index in [0.717, 1.165) is 44.6 Å². The first-order chi connectivity index (χ1) is 8.77. The summed E-state index contributed by atoms with van der Waals surface area (Å²) < 4.78 is 0. The van der Waals surface area contributed by atoms with E-state index in [0.29, 0.717) is 0 Å². The van der Waals surface area contributed by atoms with Crippen molar-refractivity contribution in [1.29, 1.82) is 0 Å². The zero-order valence-corrected chi connectivity index (χ0v) is 10.4. The van der Waals surface area contributed by atoms with Crippen LogP contribution in [-0.2, 0) is 4.79 Å². The lowest BCUT2D eigenvalue weighted by atomic mass is 10.1. The van der Waals surface area contributed by atoms with Crippen molar-refractivity contribution >= 4 is 17.3 Å². The molecule has 18 heavy (non-hydrogen) atoms. The van der Waals surface area contributed by atoms with Gasteiger partial charge in [-0.15, -0.1) is 0 Å². The van der Waals surface area contributed by atoms with Crippen LogP contribution in [0.15, 0.2) is 18.5 Å². The third-order valence-corrected chi connectivity index (χ3v) is 3.17. The smallest absolute Gasteiger partial charge is 0.303 e. The molecule has 0 radical (unpaired) electrons. The first-order valence-electron chi connectivity index (χ1n) is 6.42. The van der Waals surface area contributed by atoms with Crippen molar-refractivity contribution < 1.29 is 9.90 Å². The van der Waals surface area contributed by atoms with Crippen molar-refractivity contribution in [2.45, 2.75) is 32.1 Å². The van der Waals surface area contributed by atoms with Crippen LogP contribution in [0.2, 0.25) is 0 Å². The highest BCUT2D eigenvalue weighted by Crippen LogP contribution is 2.29. The largest absolute Gasteiger partial charge is 0.481 e. The Hall–Kier alpha value is -1.78. The van der Waals surface area contributed by atoms with Crippen molar-refractivity contribution in [2.24, 2.45) is 0 Å². The summed E-state index contributed by atoms with van der Waals surface area (Å²) in [5, 5.41) is 11.9. The maximum atomic E-state index is 10.4. The van der Waals surface area contributed by atoms with E-state index >= 15 is 0 Å². The van der Waals surface area contributed by atoms with Gasteiger partial charge < -0.3 is 15.3 Å². The van der Waals surface area contributed by atoms with Crippen LogP contribution >= 0.6 is 0 Å². The Kier molecular flexibility index (Phi) is 4.39. The second-order valence-corrected chi connectivity index (χ2v) is 4.55. The van der Waals surface area contributed by atoms with Crippen molar-refractivity contribution in [1.82, 2.24) is 4.98 Å².